The molecule has 0 spiro atoms. The molecule has 2 unspecified atom stereocenters. The number of halogens is 1. The number of ether oxygens (including phenoxy) is 1. The Kier molecular flexibility index (Phi) is 4.17. The first kappa shape index (κ1) is 14.5. The van der Waals surface area contributed by atoms with Crippen LogP contribution in [0.1, 0.15) is 25.7 Å². The van der Waals surface area contributed by atoms with Gasteiger partial charge in [0.1, 0.15) is 0 Å². The molecule has 1 heterocycles. The maximum absolute atomic E-state index is 12.9. The van der Waals surface area contributed by atoms with Gasteiger partial charge in [0, 0.05) is 11.0 Å². The van der Waals surface area contributed by atoms with Crippen LogP contribution in [0, 0.1) is 0 Å². The maximum Gasteiger partial charge on any atom is 0.244 e. The van der Waals surface area contributed by atoms with Gasteiger partial charge in [-0.25, -0.2) is 8.42 Å². The molecular formula is C14H18BrNO3S. The van der Waals surface area contributed by atoms with Crippen molar-refractivity contribution in [3.63, 3.8) is 0 Å². The quantitative estimate of drug-likeness (QED) is 0.815. The molecule has 0 radical (unpaired) electrons. The van der Waals surface area contributed by atoms with Crippen LogP contribution >= 0.6 is 15.9 Å². The lowest BCUT2D eigenvalue weighted by Crippen LogP contribution is -2.54. The molecule has 0 bridgehead atoms. The highest BCUT2D eigenvalue weighted by Crippen LogP contribution is 2.34. The summed E-state index contributed by atoms with van der Waals surface area (Å²) in [6.07, 6.45) is 4.13. The Hall–Kier alpha value is -0.430. The number of hydrogen-bond donors (Lipinski definition) is 0. The Balaban J connectivity index is 1.96. The molecule has 2 fully saturated rings. The molecule has 1 aromatic rings. The van der Waals surface area contributed by atoms with E-state index in [0.717, 1.165) is 25.7 Å². The summed E-state index contributed by atoms with van der Waals surface area (Å²) >= 11 is 3.35. The van der Waals surface area contributed by atoms with Crippen molar-refractivity contribution < 1.29 is 13.2 Å². The van der Waals surface area contributed by atoms with Crippen LogP contribution in [0.15, 0.2) is 33.6 Å². The zero-order chi connectivity index (χ0) is 14.2. The van der Waals surface area contributed by atoms with Crippen molar-refractivity contribution in [2.24, 2.45) is 0 Å². The van der Waals surface area contributed by atoms with Gasteiger partial charge in [0.2, 0.25) is 10.0 Å². The van der Waals surface area contributed by atoms with Gasteiger partial charge < -0.3 is 4.74 Å². The molecule has 20 heavy (non-hydrogen) atoms. The van der Waals surface area contributed by atoms with Gasteiger partial charge in [0.15, 0.2) is 0 Å². The summed E-state index contributed by atoms with van der Waals surface area (Å²) < 4.78 is 33.8. The average Bonchev–Trinajstić information content (AvgIpc) is 2.47. The number of sulfonamides is 1. The smallest absolute Gasteiger partial charge is 0.244 e. The van der Waals surface area contributed by atoms with Gasteiger partial charge >= 0.3 is 0 Å². The van der Waals surface area contributed by atoms with E-state index in [-0.39, 0.29) is 12.1 Å². The Labute approximate surface area is 128 Å². The predicted octanol–water partition coefficient (Wildman–Crippen LogP) is 2.78. The summed E-state index contributed by atoms with van der Waals surface area (Å²) in [4.78, 5) is 0.353. The summed E-state index contributed by atoms with van der Waals surface area (Å²) in [7, 11) is -3.46. The lowest BCUT2D eigenvalue weighted by atomic mass is 9.91. The van der Waals surface area contributed by atoms with Crippen LogP contribution in [0.5, 0.6) is 0 Å². The second kappa shape index (κ2) is 5.75. The molecule has 1 saturated heterocycles. The second-order valence-electron chi connectivity index (χ2n) is 5.31. The molecule has 4 nitrogen and oxygen atoms in total. The standard InChI is InChI=1S/C14H18BrNO3S/c15-11-5-1-4-8-14(11)20(17,18)16-9-10-19-13-7-3-2-6-12(13)16/h1,4-5,8,12-13H,2-3,6-7,9-10H2. The molecule has 6 heteroatoms. The zero-order valence-corrected chi connectivity index (χ0v) is 13.6. The Morgan fingerprint density at radius 2 is 1.95 bits per heavy atom. The molecule has 0 aromatic heterocycles. The Bertz CT molecular complexity index is 588. The van der Waals surface area contributed by atoms with E-state index in [1.807, 2.05) is 6.07 Å². The Morgan fingerprint density at radius 3 is 2.75 bits per heavy atom. The third kappa shape index (κ3) is 2.54. The zero-order valence-electron chi connectivity index (χ0n) is 11.2. The molecule has 0 N–H and O–H groups in total. The van der Waals surface area contributed by atoms with E-state index >= 15 is 0 Å². The van der Waals surface area contributed by atoms with Crippen molar-refractivity contribution >= 4 is 26.0 Å². The number of hydrogen-bond acceptors (Lipinski definition) is 3. The summed E-state index contributed by atoms with van der Waals surface area (Å²) in [5, 5.41) is 0. The topological polar surface area (TPSA) is 46.6 Å². The predicted molar refractivity (Wildman–Crippen MR) is 80.0 cm³/mol. The van der Waals surface area contributed by atoms with Crippen molar-refractivity contribution in [1.29, 1.82) is 0 Å². The second-order valence-corrected chi connectivity index (χ2v) is 8.02. The van der Waals surface area contributed by atoms with Crippen molar-refractivity contribution in [3.05, 3.63) is 28.7 Å². The van der Waals surface area contributed by atoms with Gasteiger partial charge in [0.25, 0.3) is 0 Å². The lowest BCUT2D eigenvalue weighted by Gasteiger charge is -2.42. The molecule has 2 aliphatic rings. The minimum absolute atomic E-state index is 0.00499. The number of benzene rings is 1. The van der Waals surface area contributed by atoms with Gasteiger partial charge in [0.05, 0.1) is 23.6 Å². The maximum atomic E-state index is 12.9. The summed E-state index contributed by atoms with van der Waals surface area (Å²) in [5.74, 6) is 0. The fourth-order valence-corrected chi connectivity index (χ4v) is 5.77. The van der Waals surface area contributed by atoms with E-state index in [2.05, 4.69) is 15.9 Å². The average molecular weight is 360 g/mol. The fraction of sp³-hybridized carbons (Fsp3) is 0.571. The molecule has 2 atom stereocenters. The normalized spacial score (nSPS) is 28.1. The molecule has 1 aromatic carbocycles. The minimum atomic E-state index is -3.46. The lowest BCUT2D eigenvalue weighted by molar-refractivity contribution is -0.0586. The summed E-state index contributed by atoms with van der Waals surface area (Å²) in [6.45, 7) is 0.940. The number of morpholine rings is 1. The van der Waals surface area contributed by atoms with Crippen LogP contribution in [-0.2, 0) is 14.8 Å². The van der Waals surface area contributed by atoms with Gasteiger partial charge in [-0.05, 0) is 40.9 Å². The van der Waals surface area contributed by atoms with E-state index in [9.17, 15) is 8.42 Å². The van der Waals surface area contributed by atoms with E-state index in [0.29, 0.717) is 22.5 Å². The first-order valence-corrected chi connectivity index (χ1v) is 9.22. The van der Waals surface area contributed by atoms with Gasteiger partial charge in [-0.2, -0.15) is 4.31 Å². The highest BCUT2D eigenvalue weighted by Gasteiger charge is 2.41. The van der Waals surface area contributed by atoms with Crippen molar-refractivity contribution in [2.75, 3.05) is 13.2 Å². The summed E-state index contributed by atoms with van der Waals surface area (Å²) in [6, 6.07) is 7.01. The number of rotatable bonds is 2. The first-order chi connectivity index (χ1) is 9.60. The SMILES string of the molecule is O=S(=O)(c1ccccc1Br)N1CCOC2CCCCC21. The molecule has 1 saturated carbocycles. The van der Waals surface area contributed by atoms with E-state index in [1.165, 1.54) is 0 Å². The highest BCUT2D eigenvalue weighted by molar-refractivity contribution is 9.10. The monoisotopic (exact) mass is 359 g/mol. The molecule has 110 valence electrons. The van der Waals surface area contributed by atoms with Gasteiger partial charge in [-0.3, -0.25) is 0 Å². The molecular weight excluding hydrogens is 342 g/mol. The van der Waals surface area contributed by atoms with E-state index in [4.69, 9.17) is 4.74 Å². The fourth-order valence-electron chi connectivity index (χ4n) is 3.14. The van der Waals surface area contributed by atoms with Crippen LogP contribution in [0.2, 0.25) is 0 Å². The van der Waals surface area contributed by atoms with Crippen LogP contribution in [0.3, 0.4) is 0 Å². The van der Waals surface area contributed by atoms with Crippen molar-refractivity contribution in [3.8, 4) is 0 Å². The van der Waals surface area contributed by atoms with Gasteiger partial charge in [-0.15, -0.1) is 0 Å². The molecule has 0 amide bonds. The van der Waals surface area contributed by atoms with Crippen LogP contribution < -0.4 is 0 Å². The van der Waals surface area contributed by atoms with E-state index < -0.39 is 10.0 Å². The van der Waals surface area contributed by atoms with E-state index in [1.54, 1.807) is 22.5 Å². The number of fused-ring (bicyclic) bond motifs is 1. The molecule has 1 aliphatic heterocycles. The van der Waals surface area contributed by atoms with Crippen LogP contribution in [0.25, 0.3) is 0 Å². The van der Waals surface area contributed by atoms with Gasteiger partial charge in [-0.1, -0.05) is 25.0 Å². The van der Waals surface area contributed by atoms with Crippen LogP contribution in [-0.4, -0.2) is 38.0 Å². The van der Waals surface area contributed by atoms with Crippen LogP contribution in [0.4, 0.5) is 0 Å². The third-order valence-electron chi connectivity index (χ3n) is 4.10. The largest absolute Gasteiger partial charge is 0.375 e. The molecule has 1 aliphatic carbocycles. The highest BCUT2D eigenvalue weighted by atomic mass is 79.9. The third-order valence-corrected chi connectivity index (χ3v) is 7.04. The first-order valence-electron chi connectivity index (χ1n) is 6.98. The minimum Gasteiger partial charge on any atom is -0.375 e. The summed E-state index contributed by atoms with van der Waals surface area (Å²) in [5.41, 5.74) is 0. The van der Waals surface area contributed by atoms with Crippen molar-refractivity contribution in [2.45, 2.75) is 42.7 Å². The number of nitrogens with zero attached hydrogens (tertiary/aromatic N) is 1. The van der Waals surface area contributed by atoms with Crippen molar-refractivity contribution in [1.82, 2.24) is 4.31 Å². The molecule has 3 rings (SSSR count). The Morgan fingerprint density at radius 1 is 1.20 bits per heavy atom.